The highest BCUT2D eigenvalue weighted by atomic mass is 35.5. The van der Waals surface area contributed by atoms with Gasteiger partial charge >= 0.3 is 0 Å². The SMILES string of the molecule is CCc1nc2ccc(C(=O)Nc3cc(Cl)c(OC)cc3OC)cc2nc1CC. The maximum atomic E-state index is 12.8. The zero-order valence-electron chi connectivity index (χ0n) is 16.3. The molecule has 0 fully saturated rings. The Morgan fingerprint density at radius 2 is 1.61 bits per heavy atom. The smallest absolute Gasteiger partial charge is 0.255 e. The van der Waals surface area contributed by atoms with Gasteiger partial charge in [-0.05, 0) is 37.1 Å². The van der Waals surface area contributed by atoms with Crippen LogP contribution < -0.4 is 14.8 Å². The summed E-state index contributed by atoms with van der Waals surface area (Å²) >= 11 is 6.18. The molecule has 0 spiro atoms. The minimum Gasteiger partial charge on any atom is -0.495 e. The molecule has 0 saturated heterocycles. The Bertz CT molecular complexity index is 1040. The van der Waals surface area contributed by atoms with Gasteiger partial charge in [0, 0.05) is 11.6 Å². The van der Waals surface area contributed by atoms with E-state index >= 15 is 0 Å². The Balaban J connectivity index is 1.94. The normalized spacial score (nSPS) is 10.8. The van der Waals surface area contributed by atoms with Crippen molar-refractivity contribution in [1.29, 1.82) is 0 Å². The van der Waals surface area contributed by atoms with Gasteiger partial charge in [-0.25, -0.2) is 9.97 Å². The summed E-state index contributed by atoms with van der Waals surface area (Å²) in [5.41, 5.74) is 4.35. The number of amides is 1. The minimum atomic E-state index is -0.291. The number of fused-ring (bicyclic) bond motifs is 1. The standard InChI is InChI=1S/C21H22ClN3O3/c1-5-14-15(6-2)24-17-9-12(7-8-16(17)23-14)21(26)25-18-10-13(22)19(27-3)11-20(18)28-4/h7-11H,5-6H2,1-4H3,(H,25,26). The molecule has 0 radical (unpaired) electrons. The lowest BCUT2D eigenvalue weighted by atomic mass is 10.1. The Hall–Kier alpha value is -2.86. The molecule has 1 heterocycles. The highest BCUT2D eigenvalue weighted by molar-refractivity contribution is 6.32. The maximum absolute atomic E-state index is 12.8. The average molecular weight is 400 g/mol. The molecule has 6 nitrogen and oxygen atoms in total. The molecular formula is C21H22ClN3O3. The summed E-state index contributed by atoms with van der Waals surface area (Å²) in [4.78, 5) is 22.1. The lowest BCUT2D eigenvalue weighted by Crippen LogP contribution is -2.13. The molecular weight excluding hydrogens is 378 g/mol. The van der Waals surface area contributed by atoms with Crippen LogP contribution in [0.4, 0.5) is 5.69 Å². The van der Waals surface area contributed by atoms with E-state index in [4.69, 9.17) is 21.1 Å². The summed E-state index contributed by atoms with van der Waals surface area (Å²) in [5, 5.41) is 3.21. The van der Waals surface area contributed by atoms with E-state index in [0.717, 1.165) is 29.7 Å². The molecule has 28 heavy (non-hydrogen) atoms. The van der Waals surface area contributed by atoms with Crippen molar-refractivity contribution in [2.24, 2.45) is 0 Å². The van der Waals surface area contributed by atoms with Gasteiger partial charge in [0.1, 0.15) is 11.5 Å². The molecule has 0 unspecified atom stereocenters. The second-order valence-corrected chi connectivity index (χ2v) is 6.58. The third kappa shape index (κ3) is 3.87. The van der Waals surface area contributed by atoms with Crippen LogP contribution in [0.1, 0.15) is 35.6 Å². The number of methoxy groups -OCH3 is 2. The molecule has 1 aromatic heterocycles. The number of benzene rings is 2. The highest BCUT2D eigenvalue weighted by Gasteiger charge is 2.15. The van der Waals surface area contributed by atoms with E-state index in [1.54, 1.807) is 24.3 Å². The van der Waals surface area contributed by atoms with Crippen LogP contribution in [0, 0.1) is 0 Å². The molecule has 0 bridgehead atoms. The van der Waals surface area contributed by atoms with Gasteiger partial charge in [0.05, 0.1) is 47.4 Å². The van der Waals surface area contributed by atoms with Gasteiger partial charge in [-0.15, -0.1) is 0 Å². The number of aryl methyl sites for hydroxylation is 2. The fourth-order valence-electron chi connectivity index (χ4n) is 2.99. The molecule has 0 saturated carbocycles. The van der Waals surface area contributed by atoms with Crippen LogP contribution in [0.15, 0.2) is 30.3 Å². The maximum Gasteiger partial charge on any atom is 0.255 e. The van der Waals surface area contributed by atoms with Gasteiger partial charge in [-0.1, -0.05) is 25.4 Å². The fourth-order valence-corrected chi connectivity index (χ4v) is 3.23. The van der Waals surface area contributed by atoms with Gasteiger partial charge in [-0.2, -0.15) is 0 Å². The summed E-state index contributed by atoms with van der Waals surface area (Å²) in [5.74, 6) is 0.633. The number of hydrogen-bond acceptors (Lipinski definition) is 5. The molecule has 1 N–H and O–H groups in total. The first kappa shape index (κ1) is 19.9. The number of aromatic nitrogens is 2. The van der Waals surface area contributed by atoms with Crippen LogP contribution in [0.25, 0.3) is 11.0 Å². The van der Waals surface area contributed by atoms with E-state index < -0.39 is 0 Å². The molecule has 0 aliphatic heterocycles. The summed E-state index contributed by atoms with van der Waals surface area (Å²) in [6.07, 6.45) is 1.62. The van der Waals surface area contributed by atoms with Gasteiger partial charge in [0.15, 0.2) is 0 Å². The van der Waals surface area contributed by atoms with E-state index in [1.165, 1.54) is 14.2 Å². The number of halogens is 1. The summed E-state index contributed by atoms with van der Waals surface area (Å²) in [6, 6.07) is 8.52. The zero-order valence-corrected chi connectivity index (χ0v) is 17.1. The average Bonchev–Trinajstić information content (AvgIpc) is 2.72. The third-order valence-corrected chi connectivity index (χ3v) is 4.77. The van der Waals surface area contributed by atoms with Crippen LogP contribution in [-0.4, -0.2) is 30.1 Å². The molecule has 0 atom stereocenters. The number of carbonyl (C=O) groups excluding carboxylic acids is 1. The Morgan fingerprint density at radius 3 is 2.21 bits per heavy atom. The zero-order chi connectivity index (χ0) is 20.3. The first-order valence-corrected chi connectivity index (χ1v) is 9.40. The lowest BCUT2D eigenvalue weighted by molar-refractivity contribution is 0.102. The highest BCUT2D eigenvalue weighted by Crippen LogP contribution is 2.36. The first-order valence-electron chi connectivity index (χ1n) is 9.03. The van der Waals surface area contributed by atoms with Crippen LogP contribution in [-0.2, 0) is 12.8 Å². The number of nitrogens with zero attached hydrogens (tertiary/aromatic N) is 2. The largest absolute Gasteiger partial charge is 0.495 e. The molecule has 0 aliphatic carbocycles. The molecule has 3 rings (SSSR count). The van der Waals surface area contributed by atoms with E-state index in [9.17, 15) is 4.79 Å². The predicted molar refractivity (Wildman–Crippen MR) is 111 cm³/mol. The first-order chi connectivity index (χ1) is 13.5. The van der Waals surface area contributed by atoms with Gasteiger partial charge in [-0.3, -0.25) is 4.79 Å². The van der Waals surface area contributed by atoms with E-state index in [0.29, 0.717) is 33.3 Å². The second kappa shape index (κ2) is 8.44. The van der Waals surface area contributed by atoms with Gasteiger partial charge in [0.2, 0.25) is 0 Å². The van der Waals surface area contributed by atoms with Crippen LogP contribution in [0.3, 0.4) is 0 Å². The number of anilines is 1. The Labute approximate surface area is 168 Å². The Kier molecular flexibility index (Phi) is 5.99. The molecule has 0 aliphatic rings. The molecule has 2 aromatic carbocycles. The van der Waals surface area contributed by atoms with Gasteiger partial charge in [0.25, 0.3) is 5.91 Å². The quantitative estimate of drug-likeness (QED) is 0.651. The van der Waals surface area contributed by atoms with Crippen molar-refractivity contribution < 1.29 is 14.3 Å². The third-order valence-electron chi connectivity index (χ3n) is 4.47. The predicted octanol–water partition coefficient (Wildman–Crippen LogP) is 4.68. The second-order valence-electron chi connectivity index (χ2n) is 6.17. The minimum absolute atomic E-state index is 0.291. The van der Waals surface area contributed by atoms with Crippen molar-refractivity contribution in [3.63, 3.8) is 0 Å². The molecule has 7 heteroatoms. The molecule has 3 aromatic rings. The van der Waals surface area contributed by atoms with Crippen LogP contribution in [0.2, 0.25) is 5.02 Å². The van der Waals surface area contributed by atoms with Crippen molar-refractivity contribution in [2.75, 3.05) is 19.5 Å². The monoisotopic (exact) mass is 399 g/mol. The molecule has 146 valence electrons. The van der Waals surface area contributed by atoms with E-state index in [1.807, 2.05) is 13.0 Å². The lowest BCUT2D eigenvalue weighted by Gasteiger charge is -2.13. The topological polar surface area (TPSA) is 73.3 Å². The van der Waals surface area contributed by atoms with Crippen molar-refractivity contribution in [1.82, 2.24) is 9.97 Å². The Morgan fingerprint density at radius 1 is 0.964 bits per heavy atom. The summed E-state index contributed by atoms with van der Waals surface area (Å²) < 4.78 is 10.5. The van der Waals surface area contributed by atoms with Crippen LogP contribution >= 0.6 is 11.6 Å². The molecule has 1 amide bonds. The van der Waals surface area contributed by atoms with Crippen molar-refractivity contribution in [2.45, 2.75) is 26.7 Å². The van der Waals surface area contributed by atoms with Crippen molar-refractivity contribution in [3.05, 3.63) is 52.3 Å². The van der Waals surface area contributed by atoms with E-state index in [-0.39, 0.29) is 5.91 Å². The summed E-state index contributed by atoms with van der Waals surface area (Å²) in [7, 11) is 3.03. The number of ether oxygens (including phenoxy) is 2. The fraction of sp³-hybridized carbons (Fsp3) is 0.286. The number of carbonyl (C=O) groups is 1. The van der Waals surface area contributed by atoms with Crippen LogP contribution in [0.5, 0.6) is 11.5 Å². The number of hydrogen-bond donors (Lipinski definition) is 1. The number of nitrogens with one attached hydrogen (secondary N) is 1. The summed E-state index contributed by atoms with van der Waals surface area (Å²) in [6.45, 7) is 4.11. The van der Waals surface area contributed by atoms with Crippen molar-refractivity contribution in [3.8, 4) is 11.5 Å². The van der Waals surface area contributed by atoms with Crippen molar-refractivity contribution >= 4 is 34.2 Å². The number of rotatable bonds is 6. The van der Waals surface area contributed by atoms with E-state index in [2.05, 4.69) is 22.2 Å². The van der Waals surface area contributed by atoms with Gasteiger partial charge < -0.3 is 14.8 Å².